The molecule has 0 fully saturated rings. The fourth-order valence-electron chi connectivity index (χ4n) is 1.92. The Labute approximate surface area is 130 Å². The molecule has 1 amide bonds. The summed E-state index contributed by atoms with van der Waals surface area (Å²) < 4.78 is 40.3. The van der Waals surface area contributed by atoms with Crippen LogP contribution in [-0.4, -0.2) is 24.0 Å². The fourth-order valence-corrected chi connectivity index (χ4v) is 1.92. The molecule has 0 heterocycles. The van der Waals surface area contributed by atoms with Gasteiger partial charge in [-0.2, -0.15) is 0 Å². The molecule has 122 valence electrons. The van der Waals surface area contributed by atoms with Gasteiger partial charge in [0, 0.05) is 17.9 Å². The van der Waals surface area contributed by atoms with E-state index in [0.29, 0.717) is 12.1 Å². The Morgan fingerprint density at radius 3 is 2.43 bits per heavy atom. The Bertz CT molecular complexity index is 669. The number of hydrogen-bond donors (Lipinski definition) is 2. The van der Waals surface area contributed by atoms with Gasteiger partial charge in [-0.05, 0) is 42.3 Å². The van der Waals surface area contributed by atoms with E-state index in [1.54, 1.807) is 24.3 Å². The van der Waals surface area contributed by atoms with E-state index >= 15 is 0 Å². The standard InChI is InChI=1S/C16H14F3NO3/c17-16(18,19)23-14-3-1-2-12(10-14)15(22)20-13-6-4-11(5-7-13)8-9-21/h1-7,10,21H,8-9H2,(H,20,22). The highest BCUT2D eigenvalue weighted by atomic mass is 19.4. The maximum absolute atomic E-state index is 12.2. The van der Waals surface area contributed by atoms with Crippen LogP contribution in [0.4, 0.5) is 18.9 Å². The van der Waals surface area contributed by atoms with Gasteiger partial charge < -0.3 is 15.2 Å². The maximum Gasteiger partial charge on any atom is 0.573 e. The summed E-state index contributed by atoms with van der Waals surface area (Å²) >= 11 is 0. The summed E-state index contributed by atoms with van der Waals surface area (Å²) in [4.78, 5) is 12.1. The van der Waals surface area contributed by atoms with Gasteiger partial charge in [0.1, 0.15) is 5.75 Å². The lowest BCUT2D eigenvalue weighted by atomic mass is 10.1. The Kier molecular flexibility index (Phi) is 5.23. The van der Waals surface area contributed by atoms with Crippen LogP contribution in [0, 0.1) is 0 Å². The minimum Gasteiger partial charge on any atom is -0.406 e. The van der Waals surface area contributed by atoms with Gasteiger partial charge in [0.05, 0.1) is 0 Å². The van der Waals surface area contributed by atoms with E-state index in [-0.39, 0.29) is 12.2 Å². The maximum atomic E-state index is 12.2. The smallest absolute Gasteiger partial charge is 0.406 e. The first kappa shape index (κ1) is 16.8. The second kappa shape index (κ2) is 7.15. The molecule has 0 atom stereocenters. The lowest BCUT2D eigenvalue weighted by Crippen LogP contribution is -2.18. The number of hydrogen-bond acceptors (Lipinski definition) is 3. The van der Waals surface area contributed by atoms with E-state index in [0.717, 1.165) is 17.7 Å². The first-order chi connectivity index (χ1) is 10.9. The number of nitrogens with one attached hydrogen (secondary N) is 1. The molecule has 0 aromatic heterocycles. The topological polar surface area (TPSA) is 58.6 Å². The second-order valence-corrected chi connectivity index (χ2v) is 4.70. The average molecular weight is 325 g/mol. The third-order valence-corrected chi connectivity index (χ3v) is 2.94. The zero-order valence-corrected chi connectivity index (χ0v) is 11.9. The number of ether oxygens (including phenoxy) is 1. The highest BCUT2D eigenvalue weighted by molar-refractivity contribution is 6.04. The van der Waals surface area contributed by atoms with Crippen molar-refractivity contribution in [3.63, 3.8) is 0 Å². The number of amides is 1. The molecule has 0 radical (unpaired) electrons. The normalized spacial score (nSPS) is 11.1. The lowest BCUT2D eigenvalue weighted by Gasteiger charge is -2.10. The van der Waals surface area contributed by atoms with Crippen molar-refractivity contribution in [1.82, 2.24) is 0 Å². The van der Waals surface area contributed by atoms with Crippen LogP contribution in [0.25, 0.3) is 0 Å². The van der Waals surface area contributed by atoms with Crippen LogP contribution in [0.2, 0.25) is 0 Å². The molecule has 2 aromatic rings. The van der Waals surface area contributed by atoms with Crippen LogP contribution in [0.1, 0.15) is 15.9 Å². The van der Waals surface area contributed by atoms with E-state index in [9.17, 15) is 18.0 Å². The van der Waals surface area contributed by atoms with Gasteiger partial charge in [-0.15, -0.1) is 13.2 Å². The van der Waals surface area contributed by atoms with Gasteiger partial charge in [-0.25, -0.2) is 0 Å². The van der Waals surface area contributed by atoms with Crippen LogP contribution in [-0.2, 0) is 6.42 Å². The van der Waals surface area contributed by atoms with E-state index in [2.05, 4.69) is 10.1 Å². The summed E-state index contributed by atoms with van der Waals surface area (Å²) in [7, 11) is 0. The Morgan fingerprint density at radius 1 is 1.13 bits per heavy atom. The van der Waals surface area contributed by atoms with Crippen molar-refractivity contribution >= 4 is 11.6 Å². The summed E-state index contributed by atoms with van der Waals surface area (Å²) in [5.74, 6) is -1.00. The molecule has 0 aliphatic rings. The minimum absolute atomic E-state index is 0.0255. The van der Waals surface area contributed by atoms with Crippen molar-refractivity contribution in [3.05, 3.63) is 59.7 Å². The number of carbonyl (C=O) groups is 1. The molecule has 0 aliphatic carbocycles. The lowest BCUT2D eigenvalue weighted by molar-refractivity contribution is -0.274. The van der Waals surface area contributed by atoms with Crippen molar-refractivity contribution in [2.24, 2.45) is 0 Å². The quantitative estimate of drug-likeness (QED) is 0.886. The van der Waals surface area contributed by atoms with Gasteiger partial charge in [0.2, 0.25) is 0 Å². The Hall–Kier alpha value is -2.54. The summed E-state index contributed by atoms with van der Waals surface area (Å²) in [5.41, 5.74) is 1.45. The molecule has 0 bridgehead atoms. The van der Waals surface area contributed by atoms with Gasteiger partial charge in [0.15, 0.2) is 0 Å². The van der Waals surface area contributed by atoms with E-state index < -0.39 is 18.0 Å². The van der Waals surface area contributed by atoms with Crippen LogP contribution >= 0.6 is 0 Å². The van der Waals surface area contributed by atoms with Crippen LogP contribution < -0.4 is 10.1 Å². The monoisotopic (exact) mass is 325 g/mol. The molecule has 0 spiro atoms. The van der Waals surface area contributed by atoms with Gasteiger partial charge >= 0.3 is 6.36 Å². The number of anilines is 1. The van der Waals surface area contributed by atoms with Crippen LogP contribution in [0.3, 0.4) is 0 Å². The number of rotatable bonds is 5. The van der Waals surface area contributed by atoms with Crippen LogP contribution in [0.5, 0.6) is 5.75 Å². The highest BCUT2D eigenvalue weighted by Gasteiger charge is 2.31. The van der Waals surface area contributed by atoms with E-state index in [4.69, 9.17) is 5.11 Å². The van der Waals surface area contributed by atoms with Crippen LogP contribution in [0.15, 0.2) is 48.5 Å². The molecule has 2 aromatic carbocycles. The molecule has 4 nitrogen and oxygen atoms in total. The predicted molar refractivity (Wildman–Crippen MR) is 78.3 cm³/mol. The molecule has 2 rings (SSSR count). The third-order valence-electron chi connectivity index (χ3n) is 2.94. The molecule has 0 unspecified atom stereocenters. The van der Waals surface area contributed by atoms with Gasteiger partial charge in [-0.3, -0.25) is 4.79 Å². The largest absolute Gasteiger partial charge is 0.573 e. The Morgan fingerprint density at radius 2 is 1.83 bits per heavy atom. The number of benzene rings is 2. The summed E-state index contributed by atoms with van der Waals surface area (Å²) in [6, 6.07) is 11.6. The summed E-state index contributed by atoms with van der Waals surface area (Å²) in [6.07, 6.45) is -4.30. The number of aliphatic hydroxyl groups is 1. The first-order valence-corrected chi connectivity index (χ1v) is 6.74. The van der Waals surface area contributed by atoms with E-state index in [1.165, 1.54) is 12.1 Å². The van der Waals surface area contributed by atoms with Crippen molar-refractivity contribution in [3.8, 4) is 5.75 Å². The highest BCUT2D eigenvalue weighted by Crippen LogP contribution is 2.23. The van der Waals surface area contributed by atoms with Crippen molar-refractivity contribution in [1.29, 1.82) is 0 Å². The van der Waals surface area contributed by atoms with E-state index in [1.807, 2.05) is 0 Å². The third kappa shape index (κ3) is 5.30. The SMILES string of the molecule is O=C(Nc1ccc(CCO)cc1)c1cccc(OC(F)(F)F)c1. The number of carbonyl (C=O) groups excluding carboxylic acids is 1. The zero-order valence-electron chi connectivity index (χ0n) is 11.9. The molecule has 7 heteroatoms. The minimum atomic E-state index is -4.81. The average Bonchev–Trinajstić information content (AvgIpc) is 2.48. The molecular weight excluding hydrogens is 311 g/mol. The zero-order chi connectivity index (χ0) is 16.9. The summed E-state index contributed by atoms with van der Waals surface area (Å²) in [5, 5.41) is 11.4. The second-order valence-electron chi connectivity index (χ2n) is 4.70. The predicted octanol–water partition coefficient (Wildman–Crippen LogP) is 3.37. The number of alkyl halides is 3. The molecule has 2 N–H and O–H groups in total. The first-order valence-electron chi connectivity index (χ1n) is 6.74. The molecule has 0 aliphatic heterocycles. The number of aliphatic hydroxyl groups excluding tert-OH is 1. The fraction of sp³-hybridized carbons (Fsp3) is 0.188. The van der Waals surface area contributed by atoms with Crippen molar-refractivity contribution < 1.29 is 27.8 Å². The molecule has 0 saturated heterocycles. The van der Waals surface area contributed by atoms with Gasteiger partial charge in [-0.1, -0.05) is 18.2 Å². The summed E-state index contributed by atoms with van der Waals surface area (Å²) in [6.45, 7) is 0.0255. The number of halogens is 3. The molecule has 23 heavy (non-hydrogen) atoms. The van der Waals surface area contributed by atoms with Crippen molar-refractivity contribution in [2.45, 2.75) is 12.8 Å². The molecule has 0 saturated carbocycles. The Balaban J connectivity index is 2.07. The van der Waals surface area contributed by atoms with Crippen molar-refractivity contribution in [2.75, 3.05) is 11.9 Å². The van der Waals surface area contributed by atoms with Gasteiger partial charge in [0.25, 0.3) is 5.91 Å². The molecular formula is C16H14F3NO3.